The maximum atomic E-state index is 13.8. The van der Waals surface area contributed by atoms with Crippen LogP contribution < -0.4 is 4.74 Å². The Morgan fingerprint density at radius 3 is 2.75 bits per heavy atom. The molecular formula is C17H17F2N3O2. The molecule has 1 aliphatic rings. The van der Waals surface area contributed by atoms with E-state index in [9.17, 15) is 13.6 Å². The summed E-state index contributed by atoms with van der Waals surface area (Å²) in [5, 5.41) is 0. The molecule has 1 aliphatic heterocycles. The zero-order valence-electron chi connectivity index (χ0n) is 13.2. The molecule has 1 saturated heterocycles. The minimum Gasteiger partial charge on any atom is -0.472 e. The SMILES string of the molecule is Cc1nccc(OC2CCCN(C(=O)c3c(F)cccc3F)C2)n1. The Balaban J connectivity index is 1.72. The highest BCUT2D eigenvalue weighted by atomic mass is 19.1. The summed E-state index contributed by atoms with van der Waals surface area (Å²) in [6.07, 6.45) is 2.76. The van der Waals surface area contributed by atoms with Crippen LogP contribution >= 0.6 is 0 Å². The van der Waals surface area contributed by atoms with Gasteiger partial charge in [-0.1, -0.05) is 6.07 Å². The summed E-state index contributed by atoms with van der Waals surface area (Å²) < 4.78 is 33.4. The second-order valence-electron chi connectivity index (χ2n) is 5.67. The van der Waals surface area contributed by atoms with Crippen LogP contribution in [0.5, 0.6) is 5.88 Å². The van der Waals surface area contributed by atoms with E-state index >= 15 is 0 Å². The predicted molar refractivity (Wildman–Crippen MR) is 82.7 cm³/mol. The zero-order valence-corrected chi connectivity index (χ0v) is 13.2. The van der Waals surface area contributed by atoms with Gasteiger partial charge in [0.15, 0.2) is 0 Å². The second kappa shape index (κ2) is 6.90. The third kappa shape index (κ3) is 3.50. The Bertz CT molecular complexity index is 734. The van der Waals surface area contributed by atoms with Crippen LogP contribution in [0.2, 0.25) is 0 Å². The van der Waals surface area contributed by atoms with Crippen molar-refractivity contribution in [1.82, 2.24) is 14.9 Å². The number of piperidine rings is 1. The van der Waals surface area contributed by atoms with Crippen molar-refractivity contribution in [3.8, 4) is 5.88 Å². The molecule has 1 aromatic carbocycles. The lowest BCUT2D eigenvalue weighted by molar-refractivity contribution is 0.0518. The molecule has 0 bridgehead atoms. The highest BCUT2D eigenvalue weighted by Crippen LogP contribution is 2.21. The van der Waals surface area contributed by atoms with Crippen LogP contribution in [0.25, 0.3) is 0 Å². The number of hydrogen-bond donors (Lipinski definition) is 0. The molecular weight excluding hydrogens is 316 g/mol. The van der Waals surface area contributed by atoms with Gasteiger partial charge in [0.25, 0.3) is 5.91 Å². The number of halogens is 2. The van der Waals surface area contributed by atoms with E-state index in [1.165, 1.54) is 11.0 Å². The Hall–Kier alpha value is -2.57. The number of likely N-dealkylation sites (tertiary alicyclic amines) is 1. The number of aromatic nitrogens is 2. The normalized spacial score (nSPS) is 17.6. The molecule has 0 N–H and O–H groups in total. The summed E-state index contributed by atoms with van der Waals surface area (Å²) in [7, 11) is 0. The quantitative estimate of drug-likeness (QED) is 0.867. The maximum Gasteiger partial charge on any atom is 0.259 e. The van der Waals surface area contributed by atoms with Crippen LogP contribution in [0.15, 0.2) is 30.5 Å². The van der Waals surface area contributed by atoms with Gasteiger partial charge < -0.3 is 9.64 Å². The summed E-state index contributed by atoms with van der Waals surface area (Å²) in [6.45, 7) is 2.45. The largest absolute Gasteiger partial charge is 0.472 e. The van der Waals surface area contributed by atoms with Crippen molar-refractivity contribution < 1.29 is 18.3 Å². The molecule has 5 nitrogen and oxygen atoms in total. The van der Waals surface area contributed by atoms with Crippen LogP contribution in [0.3, 0.4) is 0 Å². The summed E-state index contributed by atoms with van der Waals surface area (Å²) in [5.41, 5.74) is -0.518. The topological polar surface area (TPSA) is 55.3 Å². The van der Waals surface area contributed by atoms with Gasteiger partial charge in [-0.25, -0.2) is 13.8 Å². The van der Waals surface area contributed by atoms with Crippen molar-refractivity contribution >= 4 is 5.91 Å². The van der Waals surface area contributed by atoms with E-state index < -0.39 is 23.1 Å². The van der Waals surface area contributed by atoms with E-state index in [1.807, 2.05) is 0 Å². The number of hydrogen-bond acceptors (Lipinski definition) is 4. The van der Waals surface area contributed by atoms with Gasteiger partial charge in [-0.2, -0.15) is 4.98 Å². The van der Waals surface area contributed by atoms with Crippen LogP contribution in [-0.4, -0.2) is 40.0 Å². The van der Waals surface area contributed by atoms with E-state index in [4.69, 9.17) is 4.74 Å². The summed E-state index contributed by atoms with van der Waals surface area (Å²) in [6, 6.07) is 5.04. The minimum atomic E-state index is -0.852. The lowest BCUT2D eigenvalue weighted by atomic mass is 10.1. The number of nitrogens with zero attached hydrogens (tertiary/aromatic N) is 3. The van der Waals surface area contributed by atoms with Gasteiger partial charge in [-0.15, -0.1) is 0 Å². The average molecular weight is 333 g/mol. The van der Waals surface area contributed by atoms with Gasteiger partial charge in [-0.05, 0) is 31.9 Å². The monoisotopic (exact) mass is 333 g/mol. The second-order valence-corrected chi connectivity index (χ2v) is 5.67. The third-order valence-corrected chi connectivity index (χ3v) is 3.88. The Kier molecular flexibility index (Phi) is 4.69. The first-order valence-electron chi connectivity index (χ1n) is 7.74. The Labute approximate surface area is 138 Å². The van der Waals surface area contributed by atoms with Crippen molar-refractivity contribution in [2.24, 2.45) is 0 Å². The van der Waals surface area contributed by atoms with Gasteiger partial charge in [0.1, 0.15) is 29.1 Å². The maximum absolute atomic E-state index is 13.8. The van der Waals surface area contributed by atoms with E-state index in [0.29, 0.717) is 24.7 Å². The molecule has 0 spiro atoms. The molecule has 126 valence electrons. The lowest BCUT2D eigenvalue weighted by Gasteiger charge is -2.32. The highest BCUT2D eigenvalue weighted by Gasteiger charge is 2.29. The van der Waals surface area contributed by atoms with Crippen LogP contribution in [0, 0.1) is 18.6 Å². The highest BCUT2D eigenvalue weighted by molar-refractivity contribution is 5.94. The zero-order chi connectivity index (χ0) is 17.1. The number of carbonyl (C=O) groups is 1. The van der Waals surface area contributed by atoms with Crippen molar-refractivity contribution in [2.75, 3.05) is 13.1 Å². The first-order valence-corrected chi connectivity index (χ1v) is 7.74. The van der Waals surface area contributed by atoms with Crippen LogP contribution in [0.1, 0.15) is 29.0 Å². The predicted octanol–water partition coefficient (Wildman–Crippen LogP) is 2.75. The minimum absolute atomic E-state index is 0.260. The number of benzene rings is 1. The molecule has 2 aromatic rings. The van der Waals surface area contributed by atoms with Gasteiger partial charge >= 0.3 is 0 Å². The molecule has 0 radical (unpaired) electrons. The number of aryl methyl sites for hydroxylation is 1. The Morgan fingerprint density at radius 1 is 1.29 bits per heavy atom. The fourth-order valence-corrected chi connectivity index (χ4v) is 2.75. The van der Waals surface area contributed by atoms with E-state index in [0.717, 1.165) is 18.6 Å². The lowest BCUT2D eigenvalue weighted by Crippen LogP contribution is -2.45. The third-order valence-electron chi connectivity index (χ3n) is 3.88. The van der Waals surface area contributed by atoms with Gasteiger partial charge in [0.2, 0.25) is 5.88 Å². The fraction of sp³-hybridized carbons (Fsp3) is 0.353. The van der Waals surface area contributed by atoms with Gasteiger partial charge in [0.05, 0.1) is 6.54 Å². The number of amides is 1. The molecule has 1 amide bonds. The molecule has 1 fully saturated rings. The van der Waals surface area contributed by atoms with Crippen molar-refractivity contribution in [2.45, 2.75) is 25.9 Å². The standard InChI is InChI=1S/C17H17F2N3O2/c1-11-20-8-7-15(21-11)24-12-4-3-9-22(10-12)17(23)16-13(18)5-2-6-14(16)19/h2,5-8,12H,3-4,9-10H2,1H3. The van der Waals surface area contributed by atoms with Gasteiger partial charge in [0, 0.05) is 18.8 Å². The van der Waals surface area contributed by atoms with E-state index in [-0.39, 0.29) is 12.6 Å². The number of carbonyl (C=O) groups excluding carboxylic acids is 1. The van der Waals surface area contributed by atoms with Crippen molar-refractivity contribution in [3.63, 3.8) is 0 Å². The van der Waals surface area contributed by atoms with Crippen LogP contribution in [-0.2, 0) is 0 Å². The van der Waals surface area contributed by atoms with Crippen molar-refractivity contribution in [3.05, 3.63) is 53.5 Å². The molecule has 1 aromatic heterocycles. The molecule has 3 rings (SSSR count). The fourth-order valence-electron chi connectivity index (χ4n) is 2.75. The number of ether oxygens (including phenoxy) is 1. The molecule has 0 saturated carbocycles. The van der Waals surface area contributed by atoms with Crippen LogP contribution in [0.4, 0.5) is 8.78 Å². The molecule has 1 atom stereocenters. The van der Waals surface area contributed by atoms with E-state index in [2.05, 4.69) is 9.97 Å². The average Bonchev–Trinajstić information content (AvgIpc) is 2.55. The first-order chi connectivity index (χ1) is 11.5. The first kappa shape index (κ1) is 16.3. The number of rotatable bonds is 3. The molecule has 1 unspecified atom stereocenters. The molecule has 2 heterocycles. The summed E-state index contributed by atoms with van der Waals surface area (Å²) >= 11 is 0. The molecule has 24 heavy (non-hydrogen) atoms. The van der Waals surface area contributed by atoms with Gasteiger partial charge in [-0.3, -0.25) is 4.79 Å². The Morgan fingerprint density at radius 2 is 2.04 bits per heavy atom. The van der Waals surface area contributed by atoms with Crippen molar-refractivity contribution in [1.29, 1.82) is 0 Å². The van der Waals surface area contributed by atoms with E-state index in [1.54, 1.807) is 19.2 Å². The molecule has 7 heteroatoms. The molecule has 0 aliphatic carbocycles. The smallest absolute Gasteiger partial charge is 0.259 e. The summed E-state index contributed by atoms with van der Waals surface area (Å²) in [5.74, 6) is -1.34. The summed E-state index contributed by atoms with van der Waals surface area (Å²) in [4.78, 5) is 22.0.